The molecule has 2 aliphatic rings. The molecule has 0 N–H and O–H groups in total. The van der Waals surface area contributed by atoms with Crippen molar-refractivity contribution >= 4 is 21.6 Å². The Hall–Kier alpha value is 0.160. The van der Waals surface area contributed by atoms with Gasteiger partial charge in [-0.1, -0.05) is 0 Å². The second-order valence-corrected chi connectivity index (χ2v) is 6.94. The monoisotopic (exact) mass is 252 g/mol. The summed E-state index contributed by atoms with van der Waals surface area (Å²) in [6.45, 7) is 4.54. The number of halogens is 1. The SMILES string of the molecule is CC1CN2CCCC2CN1S(=O)(=O)CCl. The molecule has 0 spiro atoms. The van der Waals surface area contributed by atoms with Crippen molar-refractivity contribution in [2.75, 3.05) is 24.8 Å². The van der Waals surface area contributed by atoms with E-state index < -0.39 is 10.0 Å². The maximum atomic E-state index is 11.7. The van der Waals surface area contributed by atoms with Gasteiger partial charge >= 0.3 is 0 Å². The third-order valence-corrected chi connectivity index (χ3v) is 5.70. The number of sulfonamides is 1. The van der Waals surface area contributed by atoms with E-state index in [4.69, 9.17) is 11.6 Å². The van der Waals surface area contributed by atoms with Gasteiger partial charge in [-0.15, -0.1) is 11.6 Å². The van der Waals surface area contributed by atoms with Crippen LogP contribution in [0.1, 0.15) is 19.8 Å². The van der Waals surface area contributed by atoms with Gasteiger partial charge in [0.15, 0.2) is 0 Å². The third kappa shape index (κ3) is 2.16. The Morgan fingerprint density at radius 1 is 1.40 bits per heavy atom. The van der Waals surface area contributed by atoms with Crippen LogP contribution in [-0.4, -0.2) is 54.6 Å². The van der Waals surface area contributed by atoms with Crippen molar-refractivity contribution in [3.05, 3.63) is 0 Å². The van der Waals surface area contributed by atoms with E-state index in [1.807, 2.05) is 6.92 Å². The average Bonchev–Trinajstić information content (AvgIpc) is 2.63. The zero-order chi connectivity index (χ0) is 11.1. The largest absolute Gasteiger partial charge is 0.297 e. The molecule has 0 radical (unpaired) electrons. The molecule has 88 valence electrons. The maximum Gasteiger partial charge on any atom is 0.228 e. The van der Waals surface area contributed by atoms with E-state index in [2.05, 4.69) is 4.90 Å². The smallest absolute Gasteiger partial charge is 0.228 e. The van der Waals surface area contributed by atoms with Crippen molar-refractivity contribution in [1.82, 2.24) is 9.21 Å². The number of hydrogen-bond donors (Lipinski definition) is 0. The van der Waals surface area contributed by atoms with Gasteiger partial charge in [0.25, 0.3) is 0 Å². The molecule has 2 aliphatic heterocycles. The third-order valence-electron chi connectivity index (χ3n) is 3.38. The Bertz CT molecular complexity index is 333. The molecule has 2 saturated heterocycles. The normalized spacial score (nSPS) is 34.3. The van der Waals surface area contributed by atoms with Crippen molar-refractivity contribution in [1.29, 1.82) is 0 Å². The molecule has 2 rings (SSSR count). The van der Waals surface area contributed by atoms with Gasteiger partial charge in [-0.25, -0.2) is 8.42 Å². The van der Waals surface area contributed by atoms with Gasteiger partial charge < -0.3 is 0 Å². The molecule has 0 amide bonds. The van der Waals surface area contributed by atoms with E-state index in [-0.39, 0.29) is 11.3 Å². The van der Waals surface area contributed by atoms with Crippen LogP contribution in [0.15, 0.2) is 0 Å². The lowest BCUT2D eigenvalue weighted by Crippen LogP contribution is -2.56. The van der Waals surface area contributed by atoms with Crippen LogP contribution in [0.25, 0.3) is 0 Å². The van der Waals surface area contributed by atoms with Gasteiger partial charge in [0.05, 0.1) is 0 Å². The molecule has 0 aliphatic carbocycles. The summed E-state index contributed by atoms with van der Waals surface area (Å²) in [5.74, 6) is 0. The first-order valence-electron chi connectivity index (χ1n) is 5.34. The number of hydrogen-bond acceptors (Lipinski definition) is 3. The molecule has 6 heteroatoms. The van der Waals surface area contributed by atoms with Crippen LogP contribution in [0, 0.1) is 0 Å². The molecule has 0 bridgehead atoms. The van der Waals surface area contributed by atoms with E-state index in [9.17, 15) is 8.42 Å². The molecular weight excluding hydrogens is 236 g/mol. The summed E-state index contributed by atoms with van der Waals surface area (Å²) < 4.78 is 25.0. The Morgan fingerprint density at radius 3 is 2.80 bits per heavy atom. The molecule has 0 aromatic rings. The van der Waals surface area contributed by atoms with Crippen LogP contribution in [0.3, 0.4) is 0 Å². The Morgan fingerprint density at radius 2 is 2.13 bits per heavy atom. The highest BCUT2D eigenvalue weighted by Crippen LogP contribution is 2.26. The quantitative estimate of drug-likeness (QED) is 0.679. The highest BCUT2D eigenvalue weighted by atomic mass is 35.5. The highest BCUT2D eigenvalue weighted by Gasteiger charge is 2.39. The van der Waals surface area contributed by atoms with Gasteiger partial charge in [-0.05, 0) is 26.3 Å². The molecule has 0 aromatic heterocycles. The minimum Gasteiger partial charge on any atom is -0.297 e. The first kappa shape index (κ1) is 11.6. The lowest BCUT2D eigenvalue weighted by molar-refractivity contribution is 0.117. The van der Waals surface area contributed by atoms with Gasteiger partial charge in [-0.2, -0.15) is 4.31 Å². The fourth-order valence-electron chi connectivity index (χ4n) is 2.61. The van der Waals surface area contributed by atoms with Crippen LogP contribution in [0.5, 0.6) is 0 Å². The minimum absolute atomic E-state index is 0.0584. The predicted octanol–water partition coefficient (Wildman–Crippen LogP) is 0.681. The molecule has 4 nitrogen and oxygen atoms in total. The molecule has 0 saturated carbocycles. The number of fused-ring (bicyclic) bond motifs is 1. The lowest BCUT2D eigenvalue weighted by Gasteiger charge is -2.40. The summed E-state index contributed by atoms with van der Waals surface area (Å²) in [5.41, 5.74) is 0. The molecule has 2 heterocycles. The van der Waals surface area contributed by atoms with Gasteiger partial charge in [0, 0.05) is 25.2 Å². The van der Waals surface area contributed by atoms with E-state index in [0.29, 0.717) is 12.6 Å². The summed E-state index contributed by atoms with van der Waals surface area (Å²) in [4.78, 5) is 2.39. The first-order valence-corrected chi connectivity index (χ1v) is 7.48. The van der Waals surface area contributed by atoms with E-state index >= 15 is 0 Å². The van der Waals surface area contributed by atoms with Crippen molar-refractivity contribution in [3.63, 3.8) is 0 Å². The fraction of sp³-hybridized carbons (Fsp3) is 1.00. The number of alkyl halides is 1. The Labute approximate surface area is 96.2 Å². The van der Waals surface area contributed by atoms with Crippen molar-refractivity contribution in [2.45, 2.75) is 31.8 Å². The van der Waals surface area contributed by atoms with Crippen LogP contribution >= 0.6 is 11.6 Å². The highest BCUT2D eigenvalue weighted by molar-refractivity contribution is 7.90. The Balaban J connectivity index is 2.14. The zero-order valence-electron chi connectivity index (χ0n) is 8.89. The second-order valence-electron chi connectivity index (χ2n) is 4.43. The van der Waals surface area contributed by atoms with Gasteiger partial charge in [-0.3, -0.25) is 4.90 Å². The predicted molar refractivity (Wildman–Crippen MR) is 60.4 cm³/mol. The number of rotatable bonds is 2. The van der Waals surface area contributed by atoms with E-state index in [1.54, 1.807) is 4.31 Å². The lowest BCUT2D eigenvalue weighted by atomic mass is 10.1. The summed E-state index contributed by atoms with van der Waals surface area (Å²) in [7, 11) is -3.24. The van der Waals surface area contributed by atoms with Crippen molar-refractivity contribution in [2.24, 2.45) is 0 Å². The van der Waals surface area contributed by atoms with Crippen molar-refractivity contribution in [3.8, 4) is 0 Å². The van der Waals surface area contributed by atoms with E-state index in [0.717, 1.165) is 19.5 Å². The second kappa shape index (κ2) is 4.20. The van der Waals surface area contributed by atoms with Gasteiger partial charge in [0.2, 0.25) is 10.0 Å². The van der Waals surface area contributed by atoms with Crippen LogP contribution in [0.4, 0.5) is 0 Å². The standard InChI is InChI=1S/C9H17ClN2O2S/c1-8-5-11-4-2-3-9(11)6-12(8)15(13,14)7-10/h8-9H,2-7H2,1H3. The molecule has 2 atom stereocenters. The summed E-state index contributed by atoms with van der Waals surface area (Å²) in [6, 6.07) is 0.474. The summed E-state index contributed by atoms with van der Waals surface area (Å²) in [5, 5.41) is -0.302. The Kier molecular flexibility index (Phi) is 3.26. The zero-order valence-corrected chi connectivity index (χ0v) is 10.5. The topological polar surface area (TPSA) is 40.6 Å². The molecule has 15 heavy (non-hydrogen) atoms. The summed E-state index contributed by atoms with van der Waals surface area (Å²) >= 11 is 5.49. The number of nitrogens with zero attached hydrogens (tertiary/aromatic N) is 2. The molecule has 0 aromatic carbocycles. The number of piperazine rings is 1. The molecule has 2 unspecified atom stereocenters. The van der Waals surface area contributed by atoms with E-state index in [1.165, 1.54) is 6.42 Å². The van der Waals surface area contributed by atoms with Crippen LogP contribution in [-0.2, 0) is 10.0 Å². The maximum absolute atomic E-state index is 11.7. The minimum atomic E-state index is -3.24. The average molecular weight is 253 g/mol. The molecule has 2 fully saturated rings. The van der Waals surface area contributed by atoms with Crippen LogP contribution < -0.4 is 0 Å². The van der Waals surface area contributed by atoms with Crippen molar-refractivity contribution < 1.29 is 8.42 Å². The van der Waals surface area contributed by atoms with Gasteiger partial charge in [0.1, 0.15) is 5.21 Å². The fourth-order valence-corrected chi connectivity index (χ4v) is 4.13. The molecular formula is C9H17ClN2O2S. The first-order chi connectivity index (χ1) is 7.04. The summed E-state index contributed by atoms with van der Waals surface area (Å²) in [6.07, 6.45) is 2.30. The van der Waals surface area contributed by atoms with Crippen LogP contribution in [0.2, 0.25) is 0 Å².